The van der Waals surface area contributed by atoms with Crippen molar-refractivity contribution in [1.29, 1.82) is 0 Å². The van der Waals surface area contributed by atoms with E-state index in [-0.39, 0.29) is 24.8 Å². The molecule has 2 aromatic rings. The first-order valence-corrected chi connectivity index (χ1v) is 16.0. The molecule has 0 nitrogen and oxygen atoms in total. The van der Waals surface area contributed by atoms with Gasteiger partial charge in [-0.1, -0.05) is 0 Å². The van der Waals surface area contributed by atoms with E-state index in [4.69, 9.17) is 8.86 Å². The second-order valence-electron chi connectivity index (χ2n) is 6.66. The fraction of sp³-hybridized carbons (Fsp3) is 0.143. The second-order valence-corrected chi connectivity index (χ2v) is 16.0. The fourth-order valence-electron chi connectivity index (χ4n) is 3.97. The Labute approximate surface area is 196 Å². The van der Waals surface area contributed by atoms with Crippen molar-refractivity contribution >= 4 is 39.8 Å². The molecule has 0 N–H and O–H groups in total. The van der Waals surface area contributed by atoms with Crippen molar-refractivity contribution in [3.05, 3.63) is 85.1 Å². The Morgan fingerprint density at radius 3 is 2.59 bits per heavy atom. The maximum atomic E-state index is 6.31. The zero-order valence-electron chi connectivity index (χ0n) is 14.4. The van der Waals surface area contributed by atoms with Gasteiger partial charge < -0.3 is 24.8 Å². The molecule has 0 saturated heterocycles. The van der Waals surface area contributed by atoms with Gasteiger partial charge in [0.1, 0.15) is 0 Å². The van der Waals surface area contributed by atoms with Crippen molar-refractivity contribution in [1.82, 2.24) is 0 Å². The van der Waals surface area contributed by atoms with Crippen molar-refractivity contribution in [2.45, 2.75) is 17.5 Å². The average molecular weight is 574 g/mol. The summed E-state index contributed by atoms with van der Waals surface area (Å²) in [5, 5.41) is 0. The molecule has 0 aromatic heterocycles. The molecule has 0 bridgehead atoms. The van der Waals surface area contributed by atoms with Crippen LogP contribution in [-0.2, 0) is 26.1 Å². The third-order valence-corrected chi connectivity index (χ3v) is 16.1. The quantitative estimate of drug-likeness (QED) is 0.402. The zero-order chi connectivity index (χ0) is 17.1. The molecule has 1 aliphatic heterocycles. The van der Waals surface area contributed by atoms with Gasteiger partial charge in [-0.15, -0.1) is 0 Å². The van der Waals surface area contributed by atoms with Crippen molar-refractivity contribution in [2.75, 3.05) is 0 Å². The molecule has 0 spiro atoms. The first-order chi connectivity index (χ1) is 12.1. The normalized spacial score (nSPS) is 18.3. The third-order valence-electron chi connectivity index (χ3n) is 5.05. The topological polar surface area (TPSA) is 0 Å². The van der Waals surface area contributed by atoms with Gasteiger partial charge in [-0.3, -0.25) is 0 Å². The van der Waals surface area contributed by atoms with E-state index in [2.05, 4.69) is 77.5 Å². The number of fused-ring (bicyclic) bond motifs is 4. The summed E-state index contributed by atoms with van der Waals surface area (Å²) >= 11 is 3.48. The van der Waals surface area contributed by atoms with E-state index in [1.807, 2.05) is 11.8 Å². The predicted octanol–water partition coefficient (Wildman–Crippen LogP) is 0.188. The number of rotatable bonds is 2. The number of hydrogen-bond acceptors (Lipinski definition) is 2. The SMILES string of the molecule is CC1=CC2=[C]([Zr+2](=[S])[c]3cccc4c3-c3ccccc3C4)C(Br)SC2=C1.[Cl-].[Cl-]. The van der Waals surface area contributed by atoms with Crippen LogP contribution in [0, 0.1) is 0 Å². The number of hydrogen-bond donors (Lipinski definition) is 0. The molecule has 1 heterocycles. The van der Waals surface area contributed by atoms with E-state index in [9.17, 15) is 0 Å². The van der Waals surface area contributed by atoms with Gasteiger partial charge in [-0.25, -0.2) is 0 Å². The van der Waals surface area contributed by atoms with Crippen LogP contribution in [0.3, 0.4) is 0 Å². The Morgan fingerprint density at radius 2 is 1.78 bits per heavy atom. The first kappa shape index (κ1) is 21.9. The largest absolute Gasteiger partial charge is 1.00 e. The molecule has 0 saturated carbocycles. The molecule has 27 heavy (non-hydrogen) atoms. The first-order valence-electron chi connectivity index (χ1n) is 8.33. The van der Waals surface area contributed by atoms with Crippen LogP contribution in [0.4, 0.5) is 0 Å². The number of benzene rings is 2. The number of allylic oxidation sites excluding steroid dienone is 4. The molecule has 136 valence electrons. The summed E-state index contributed by atoms with van der Waals surface area (Å²) in [5.74, 6) is 0. The van der Waals surface area contributed by atoms with Gasteiger partial charge in [-0.2, -0.15) is 0 Å². The van der Waals surface area contributed by atoms with E-state index in [1.54, 1.807) is 0 Å². The molecule has 0 amide bonds. The van der Waals surface area contributed by atoms with Gasteiger partial charge >= 0.3 is 173 Å². The van der Waals surface area contributed by atoms with Crippen LogP contribution in [0.5, 0.6) is 0 Å². The maximum absolute atomic E-state index is 6.31. The molecule has 3 aliphatic rings. The van der Waals surface area contributed by atoms with Crippen LogP contribution in [-0.4, -0.2) is 4.16 Å². The van der Waals surface area contributed by atoms with Crippen LogP contribution in [0.1, 0.15) is 18.1 Å². The van der Waals surface area contributed by atoms with E-state index >= 15 is 0 Å². The van der Waals surface area contributed by atoms with Gasteiger partial charge in [0.25, 0.3) is 0 Å². The summed E-state index contributed by atoms with van der Waals surface area (Å²) in [5.41, 5.74) is 8.55. The number of thioether (sulfide) groups is 1. The number of halogens is 3. The number of alkyl halides is 1. The molecule has 2 aliphatic carbocycles. The van der Waals surface area contributed by atoms with Crippen LogP contribution in [0.25, 0.3) is 11.1 Å². The second kappa shape index (κ2) is 8.50. The minimum absolute atomic E-state index is 0. The van der Waals surface area contributed by atoms with E-state index in [1.165, 1.54) is 44.9 Å². The van der Waals surface area contributed by atoms with Gasteiger partial charge in [0.05, 0.1) is 0 Å². The molecular formula is C21H15BrCl2S2Zr. The summed E-state index contributed by atoms with van der Waals surface area (Å²) in [4.78, 5) is 1.41. The Balaban J connectivity index is 0.00000105. The minimum atomic E-state index is -2.35. The molecule has 5 rings (SSSR count). The Hall–Kier alpha value is 0.173. The van der Waals surface area contributed by atoms with Crippen LogP contribution < -0.4 is 28.1 Å². The van der Waals surface area contributed by atoms with E-state index in [0.717, 1.165) is 6.42 Å². The summed E-state index contributed by atoms with van der Waals surface area (Å²) in [6.07, 6.45) is 5.69. The summed E-state index contributed by atoms with van der Waals surface area (Å²) in [6.45, 7) is 2.18. The van der Waals surface area contributed by atoms with E-state index < -0.39 is 19.7 Å². The standard InChI is InChI=1S/C13H9.C8H6BrS.2ClH.S.Zr/c1-3-7-12-10(5-1)9-11-6-2-4-8-13(11)12;1-5-2-6-4-8(9)10-7(6)3-5;;;;/h1-7H,9H2;2-3,8H,1H3;2*1H;;/q;;;;;+2/p-2. The minimum Gasteiger partial charge on any atom is -1.00 e. The summed E-state index contributed by atoms with van der Waals surface area (Å²) in [6, 6.07) is 15.6. The summed E-state index contributed by atoms with van der Waals surface area (Å²) in [7, 11) is 6.31. The van der Waals surface area contributed by atoms with E-state index in [0.29, 0.717) is 4.16 Å². The van der Waals surface area contributed by atoms with Gasteiger partial charge in [0.2, 0.25) is 0 Å². The molecule has 6 heteroatoms. The molecule has 0 fully saturated rings. The molecule has 2 aromatic carbocycles. The Morgan fingerprint density at radius 1 is 1.04 bits per heavy atom. The van der Waals surface area contributed by atoms with Gasteiger partial charge in [0.15, 0.2) is 0 Å². The van der Waals surface area contributed by atoms with Crippen molar-refractivity contribution in [2.24, 2.45) is 0 Å². The van der Waals surface area contributed by atoms with Crippen LogP contribution in [0.15, 0.2) is 73.9 Å². The fourth-order valence-corrected chi connectivity index (χ4v) is 16.5. The molecule has 0 radical (unpaired) electrons. The Bertz CT molecular complexity index is 1060. The van der Waals surface area contributed by atoms with Crippen LogP contribution >= 0.6 is 36.5 Å². The smallest absolute Gasteiger partial charge is 1.00 e. The average Bonchev–Trinajstić information content (AvgIpc) is 3.23. The summed E-state index contributed by atoms with van der Waals surface area (Å²) < 4.78 is 3.37. The Kier molecular flexibility index (Phi) is 6.89. The predicted molar refractivity (Wildman–Crippen MR) is 111 cm³/mol. The van der Waals surface area contributed by atoms with Crippen molar-refractivity contribution in [3.63, 3.8) is 0 Å². The van der Waals surface area contributed by atoms with Crippen molar-refractivity contribution < 1.29 is 44.5 Å². The van der Waals surface area contributed by atoms with Gasteiger partial charge in [0, 0.05) is 0 Å². The monoisotopic (exact) mass is 570 g/mol. The van der Waals surface area contributed by atoms with Crippen LogP contribution in [0.2, 0.25) is 0 Å². The van der Waals surface area contributed by atoms with Crippen molar-refractivity contribution in [3.8, 4) is 11.1 Å². The third kappa shape index (κ3) is 3.60. The maximum Gasteiger partial charge on any atom is -1.00 e. The molecule has 1 unspecified atom stereocenters. The van der Waals surface area contributed by atoms with Gasteiger partial charge in [-0.05, 0) is 0 Å². The molecule has 1 atom stereocenters. The zero-order valence-corrected chi connectivity index (χ0v) is 21.6. The molecular weight excluding hydrogens is 558 g/mol.